The van der Waals surface area contributed by atoms with E-state index < -0.39 is 0 Å². The highest BCUT2D eigenvalue weighted by Crippen LogP contribution is 2.32. The molecule has 3 aliphatic heterocycles. The van der Waals surface area contributed by atoms with Crippen LogP contribution in [0.15, 0.2) is 24.3 Å². The summed E-state index contributed by atoms with van der Waals surface area (Å²) >= 11 is 1.46. The van der Waals surface area contributed by atoms with Gasteiger partial charge in [-0.25, -0.2) is 9.78 Å². The number of para-hydroxylation sites is 1. The van der Waals surface area contributed by atoms with Gasteiger partial charge in [0.15, 0.2) is 5.13 Å². The minimum absolute atomic E-state index is 0.0102. The number of carbonyl (C=O) groups excluding carboxylic acids is 3. The summed E-state index contributed by atoms with van der Waals surface area (Å²) in [5.74, 6) is 0.0198. The molecule has 39 heavy (non-hydrogen) atoms. The van der Waals surface area contributed by atoms with Crippen LogP contribution >= 0.6 is 11.3 Å². The van der Waals surface area contributed by atoms with Gasteiger partial charge in [0, 0.05) is 57.5 Å². The third-order valence-corrected chi connectivity index (χ3v) is 9.64. The first-order valence-electron chi connectivity index (χ1n) is 14.4. The second kappa shape index (κ2) is 11.9. The smallest absolute Gasteiger partial charge is 0.322 e. The van der Waals surface area contributed by atoms with Gasteiger partial charge < -0.3 is 24.9 Å². The zero-order valence-electron chi connectivity index (χ0n) is 23.3. The second-order valence-electron chi connectivity index (χ2n) is 10.8. The van der Waals surface area contributed by atoms with Crippen LogP contribution in [-0.2, 0) is 11.2 Å². The first kappa shape index (κ1) is 27.4. The molecule has 2 fully saturated rings. The Morgan fingerprint density at radius 2 is 1.82 bits per heavy atom. The van der Waals surface area contributed by atoms with E-state index in [1.54, 1.807) is 0 Å². The highest BCUT2D eigenvalue weighted by Gasteiger charge is 2.34. The van der Waals surface area contributed by atoms with Crippen LogP contribution in [0.4, 0.5) is 15.6 Å². The van der Waals surface area contributed by atoms with E-state index in [1.165, 1.54) is 16.9 Å². The Morgan fingerprint density at radius 1 is 1.08 bits per heavy atom. The van der Waals surface area contributed by atoms with Crippen LogP contribution in [-0.4, -0.2) is 89.4 Å². The number of fused-ring (bicyclic) bond motifs is 1. The number of aryl methyl sites for hydroxylation is 1. The third-order valence-electron chi connectivity index (χ3n) is 8.43. The number of rotatable bonds is 6. The second-order valence-corrected chi connectivity index (χ2v) is 11.7. The Morgan fingerprint density at radius 3 is 2.56 bits per heavy atom. The largest absolute Gasteiger partial charge is 0.348 e. The lowest BCUT2D eigenvalue weighted by Crippen LogP contribution is -2.48. The van der Waals surface area contributed by atoms with Crippen molar-refractivity contribution in [2.45, 2.75) is 58.9 Å². The summed E-state index contributed by atoms with van der Waals surface area (Å²) < 4.78 is 0. The molecule has 0 aliphatic carbocycles. The van der Waals surface area contributed by atoms with Crippen LogP contribution < -0.4 is 10.2 Å². The topological polar surface area (TPSA) is 89.1 Å². The lowest BCUT2D eigenvalue weighted by atomic mass is 9.96. The van der Waals surface area contributed by atoms with E-state index in [0.717, 1.165) is 68.3 Å². The predicted octanol–water partition coefficient (Wildman–Crippen LogP) is 4.23. The van der Waals surface area contributed by atoms with Gasteiger partial charge in [-0.1, -0.05) is 29.5 Å². The van der Waals surface area contributed by atoms with E-state index in [1.807, 2.05) is 53.7 Å². The summed E-state index contributed by atoms with van der Waals surface area (Å²) in [5.41, 5.74) is 2.85. The molecule has 4 heterocycles. The van der Waals surface area contributed by atoms with Crippen molar-refractivity contribution < 1.29 is 14.4 Å². The molecule has 1 aromatic carbocycles. The maximum atomic E-state index is 13.5. The van der Waals surface area contributed by atoms with Crippen LogP contribution in [0.5, 0.6) is 0 Å². The first-order chi connectivity index (χ1) is 18.9. The van der Waals surface area contributed by atoms with Gasteiger partial charge in [-0.3, -0.25) is 9.59 Å². The molecule has 10 heteroatoms. The molecule has 4 amide bonds. The van der Waals surface area contributed by atoms with E-state index in [2.05, 4.69) is 16.3 Å². The quantitative estimate of drug-likeness (QED) is 0.579. The molecule has 210 valence electrons. The van der Waals surface area contributed by atoms with Gasteiger partial charge in [-0.2, -0.15) is 0 Å². The van der Waals surface area contributed by atoms with E-state index in [4.69, 9.17) is 4.98 Å². The van der Waals surface area contributed by atoms with Gasteiger partial charge >= 0.3 is 6.03 Å². The summed E-state index contributed by atoms with van der Waals surface area (Å²) in [5, 5.41) is 3.96. The van der Waals surface area contributed by atoms with Crippen molar-refractivity contribution in [3.8, 4) is 0 Å². The van der Waals surface area contributed by atoms with Crippen molar-refractivity contribution in [3.05, 3.63) is 40.4 Å². The number of benzene rings is 1. The standard InChI is InChI=1S/C29H40N6O3S/c1-4-32(5-2)26(36)22-10-8-15-34(19-22)27(37)25-20(3)30-29(39-25)33-16-13-23(14-17-33)35-18-12-21-9-6-7-11-24(21)31-28(35)38/h6-7,9,11,22-23H,4-5,8,10,12-19H2,1-3H3,(H,31,38). The maximum absolute atomic E-state index is 13.5. The molecule has 2 aromatic rings. The van der Waals surface area contributed by atoms with Crippen molar-refractivity contribution in [1.29, 1.82) is 0 Å². The molecule has 3 aliphatic rings. The number of carbonyl (C=O) groups is 3. The molecular weight excluding hydrogens is 512 g/mol. The highest BCUT2D eigenvalue weighted by atomic mass is 32.1. The van der Waals surface area contributed by atoms with Gasteiger partial charge in [-0.05, 0) is 64.5 Å². The Hall–Kier alpha value is -3.14. The van der Waals surface area contributed by atoms with Crippen molar-refractivity contribution in [3.63, 3.8) is 0 Å². The van der Waals surface area contributed by atoms with E-state index in [0.29, 0.717) is 31.1 Å². The van der Waals surface area contributed by atoms with E-state index >= 15 is 0 Å². The molecule has 5 rings (SSSR count). The summed E-state index contributed by atoms with van der Waals surface area (Å²) in [6, 6.07) is 8.19. The maximum Gasteiger partial charge on any atom is 0.322 e. The average Bonchev–Trinajstić information content (AvgIpc) is 3.27. The number of nitrogens with one attached hydrogen (secondary N) is 1. The minimum atomic E-state index is -0.127. The summed E-state index contributed by atoms with van der Waals surface area (Å²) in [7, 11) is 0. The number of hydrogen-bond acceptors (Lipinski definition) is 6. The highest BCUT2D eigenvalue weighted by molar-refractivity contribution is 7.17. The average molecular weight is 553 g/mol. The van der Waals surface area contributed by atoms with Gasteiger partial charge in [0.1, 0.15) is 4.88 Å². The van der Waals surface area contributed by atoms with Gasteiger partial charge in [-0.15, -0.1) is 0 Å². The van der Waals surface area contributed by atoms with E-state index in [9.17, 15) is 14.4 Å². The number of amides is 4. The van der Waals surface area contributed by atoms with Crippen molar-refractivity contribution in [2.24, 2.45) is 5.92 Å². The van der Waals surface area contributed by atoms with Crippen molar-refractivity contribution >= 4 is 40.0 Å². The number of nitrogens with zero attached hydrogens (tertiary/aromatic N) is 5. The molecular formula is C29H40N6O3S. The first-order valence-corrected chi connectivity index (χ1v) is 15.2. The molecule has 9 nitrogen and oxygen atoms in total. The van der Waals surface area contributed by atoms with Crippen LogP contribution in [0.25, 0.3) is 0 Å². The summed E-state index contributed by atoms with van der Waals surface area (Å²) in [4.78, 5) is 52.8. The number of thiazole rings is 1. The summed E-state index contributed by atoms with van der Waals surface area (Å²) in [6.45, 7) is 10.8. The lowest BCUT2D eigenvalue weighted by Gasteiger charge is -2.37. The zero-order valence-corrected chi connectivity index (χ0v) is 24.1. The molecule has 1 aromatic heterocycles. The molecule has 1 N–H and O–H groups in total. The van der Waals surface area contributed by atoms with Gasteiger partial charge in [0.25, 0.3) is 5.91 Å². The van der Waals surface area contributed by atoms with Crippen molar-refractivity contribution in [1.82, 2.24) is 19.7 Å². The number of likely N-dealkylation sites (tertiary alicyclic amines) is 1. The molecule has 0 saturated carbocycles. The summed E-state index contributed by atoms with van der Waals surface area (Å²) in [6.07, 6.45) is 4.27. The molecule has 1 atom stereocenters. The van der Waals surface area contributed by atoms with Crippen LogP contribution in [0, 0.1) is 12.8 Å². The normalized spacial score (nSPS) is 20.3. The van der Waals surface area contributed by atoms with E-state index in [-0.39, 0.29) is 29.8 Å². The minimum Gasteiger partial charge on any atom is -0.348 e. The SMILES string of the molecule is CCN(CC)C(=O)C1CCCN(C(=O)c2sc(N3CCC(N4CCc5ccccc5NC4=O)CC3)nc2C)C1. The Balaban J connectivity index is 1.19. The fourth-order valence-electron chi connectivity index (χ4n) is 6.12. The predicted molar refractivity (Wildman–Crippen MR) is 155 cm³/mol. The number of piperidine rings is 2. The van der Waals surface area contributed by atoms with Crippen LogP contribution in [0.1, 0.15) is 60.5 Å². The molecule has 2 saturated heterocycles. The number of hydrogen-bond donors (Lipinski definition) is 1. The Bertz CT molecular complexity index is 1200. The number of anilines is 2. The van der Waals surface area contributed by atoms with Gasteiger partial charge in [0.05, 0.1) is 11.6 Å². The monoisotopic (exact) mass is 552 g/mol. The number of urea groups is 1. The molecule has 0 radical (unpaired) electrons. The van der Waals surface area contributed by atoms with Crippen LogP contribution in [0.2, 0.25) is 0 Å². The van der Waals surface area contributed by atoms with Crippen molar-refractivity contribution in [2.75, 3.05) is 56.0 Å². The molecule has 0 spiro atoms. The molecule has 1 unspecified atom stereocenters. The fourth-order valence-corrected chi connectivity index (χ4v) is 7.21. The zero-order chi connectivity index (χ0) is 27.5. The van der Waals surface area contributed by atoms with Crippen LogP contribution in [0.3, 0.4) is 0 Å². The number of aromatic nitrogens is 1. The third kappa shape index (κ3) is 5.76. The lowest BCUT2D eigenvalue weighted by molar-refractivity contribution is -0.136. The van der Waals surface area contributed by atoms with Gasteiger partial charge in [0.2, 0.25) is 5.91 Å². The Kier molecular flexibility index (Phi) is 8.40. The molecule has 0 bridgehead atoms. The fraction of sp³-hybridized carbons (Fsp3) is 0.586. The Labute approximate surface area is 235 Å².